The highest BCUT2D eigenvalue weighted by Gasteiger charge is 2.17. The van der Waals surface area contributed by atoms with E-state index in [0.717, 1.165) is 53.1 Å². The van der Waals surface area contributed by atoms with Crippen LogP contribution in [0.25, 0.3) is 21.7 Å². The summed E-state index contributed by atoms with van der Waals surface area (Å²) in [6.07, 6.45) is 3.61. The second-order valence-corrected chi connectivity index (χ2v) is 6.53. The second-order valence-electron chi connectivity index (χ2n) is 5.17. The second kappa shape index (κ2) is 6.27. The average molecular weight is 348 g/mol. The van der Waals surface area contributed by atoms with Crippen LogP contribution in [0.2, 0.25) is 5.02 Å². The number of H-pyrrole nitrogens is 1. The summed E-state index contributed by atoms with van der Waals surface area (Å²) in [5, 5.41) is 17.8. The van der Waals surface area contributed by atoms with Crippen molar-refractivity contribution in [1.29, 1.82) is 0 Å². The molecule has 1 saturated heterocycles. The van der Waals surface area contributed by atoms with Gasteiger partial charge in [-0.2, -0.15) is 5.10 Å². The Labute approximate surface area is 142 Å². The quantitative estimate of drug-likeness (QED) is 0.788. The van der Waals surface area contributed by atoms with Crippen molar-refractivity contribution in [2.75, 3.05) is 31.2 Å². The van der Waals surface area contributed by atoms with Gasteiger partial charge in [-0.05, 0) is 17.7 Å². The molecule has 4 rings (SSSR count). The molecule has 0 bridgehead atoms. The summed E-state index contributed by atoms with van der Waals surface area (Å²) in [5.41, 5.74) is 2.92. The van der Waals surface area contributed by atoms with Crippen molar-refractivity contribution in [3.8, 4) is 21.7 Å². The minimum atomic E-state index is 0.661. The van der Waals surface area contributed by atoms with E-state index in [1.807, 2.05) is 24.4 Å². The topological polar surface area (TPSA) is 66.9 Å². The number of aromatic amines is 1. The van der Waals surface area contributed by atoms with E-state index in [1.54, 1.807) is 17.5 Å². The van der Waals surface area contributed by atoms with Gasteiger partial charge < -0.3 is 9.64 Å². The summed E-state index contributed by atoms with van der Waals surface area (Å²) in [4.78, 5) is 2.19. The van der Waals surface area contributed by atoms with Crippen LogP contribution in [-0.4, -0.2) is 46.7 Å². The number of hydrogen-bond donors (Lipinski definition) is 1. The molecular weight excluding hydrogens is 334 g/mol. The largest absolute Gasteiger partial charge is 0.378 e. The maximum atomic E-state index is 6.45. The Kier molecular flexibility index (Phi) is 3.99. The first-order valence-electron chi connectivity index (χ1n) is 7.26. The summed E-state index contributed by atoms with van der Waals surface area (Å²) in [6, 6.07) is 5.92. The predicted octanol–water partition coefficient (Wildman–Crippen LogP) is 3.09. The van der Waals surface area contributed by atoms with Crippen molar-refractivity contribution in [3.05, 3.63) is 35.6 Å². The van der Waals surface area contributed by atoms with E-state index in [-0.39, 0.29) is 0 Å². The lowest BCUT2D eigenvalue weighted by atomic mass is 10.1. The van der Waals surface area contributed by atoms with Crippen LogP contribution in [0, 0.1) is 0 Å². The molecule has 0 aliphatic carbocycles. The third-order valence-electron chi connectivity index (χ3n) is 3.73. The number of ether oxygens (including phenoxy) is 1. The van der Waals surface area contributed by atoms with E-state index in [9.17, 15) is 0 Å². The number of morpholine rings is 1. The Hall–Kier alpha value is -1.96. The summed E-state index contributed by atoms with van der Waals surface area (Å²) in [7, 11) is 0. The zero-order valence-electron chi connectivity index (χ0n) is 12.2. The normalized spacial score (nSPS) is 15.1. The molecule has 3 aromatic rings. The molecule has 0 radical (unpaired) electrons. The van der Waals surface area contributed by atoms with Crippen molar-refractivity contribution in [1.82, 2.24) is 20.4 Å². The molecule has 6 nitrogen and oxygen atoms in total. The molecule has 1 N–H and O–H groups in total. The molecule has 8 heteroatoms. The van der Waals surface area contributed by atoms with Crippen molar-refractivity contribution >= 4 is 28.1 Å². The molecule has 1 fully saturated rings. The lowest BCUT2D eigenvalue weighted by molar-refractivity contribution is 0.122. The fourth-order valence-electron chi connectivity index (χ4n) is 2.48. The molecular formula is C15H14ClN5OS. The standard InChI is InChI=1S/C15H14ClN5OS/c16-13-7-10(11-8-17-18-9-11)1-2-12(13)14-19-20-15(23-14)21-3-5-22-6-4-21/h1-2,7-9H,3-6H2,(H,17,18). The summed E-state index contributed by atoms with van der Waals surface area (Å²) in [5.74, 6) is 0. The van der Waals surface area contributed by atoms with Gasteiger partial charge in [0.1, 0.15) is 0 Å². The van der Waals surface area contributed by atoms with Crippen LogP contribution in [0.4, 0.5) is 5.13 Å². The fourth-order valence-corrected chi connectivity index (χ4v) is 3.75. The number of hydrogen-bond acceptors (Lipinski definition) is 6. The Morgan fingerprint density at radius 3 is 2.78 bits per heavy atom. The number of benzene rings is 1. The van der Waals surface area contributed by atoms with Crippen LogP contribution < -0.4 is 4.90 Å². The van der Waals surface area contributed by atoms with Crippen LogP contribution in [-0.2, 0) is 4.74 Å². The Balaban J connectivity index is 1.62. The molecule has 2 aromatic heterocycles. The van der Waals surface area contributed by atoms with Crippen molar-refractivity contribution in [2.45, 2.75) is 0 Å². The van der Waals surface area contributed by atoms with Gasteiger partial charge in [0, 0.05) is 30.4 Å². The van der Waals surface area contributed by atoms with Crippen molar-refractivity contribution < 1.29 is 4.74 Å². The third-order valence-corrected chi connectivity index (χ3v) is 5.06. The van der Waals surface area contributed by atoms with Crippen molar-refractivity contribution in [3.63, 3.8) is 0 Å². The fraction of sp³-hybridized carbons (Fsp3) is 0.267. The highest BCUT2D eigenvalue weighted by atomic mass is 35.5. The van der Waals surface area contributed by atoms with E-state index in [4.69, 9.17) is 16.3 Å². The molecule has 3 heterocycles. The molecule has 1 aliphatic rings. The predicted molar refractivity (Wildman–Crippen MR) is 91.0 cm³/mol. The maximum Gasteiger partial charge on any atom is 0.208 e. The zero-order valence-corrected chi connectivity index (χ0v) is 13.8. The molecule has 1 aromatic carbocycles. The maximum absolute atomic E-state index is 6.45. The van der Waals surface area contributed by atoms with Gasteiger partial charge in [-0.3, -0.25) is 5.10 Å². The number of aromatic nitrogens is 4. The van der Waals surface area contributed by atoms with E-state index >= 15 is 0 Å². The van der Waals surface area contributed by atoms with Gasteiger partial charge in [0.2, 0.25) is 5.13 Å². The van der Waals surface area contributed by atoms with Crippen LogP contribution >= 0.6 is 22.9 Å². The van der Waals surface area contributed by atoms with Gasteiger partial charge in [-0.1, -0.05) is 29.0 Å². The Bertz CT molecular complexity index is 798. The molecule has 0 atom stereocenters. The van der Waals surface area contributed by atoms with Crippen LogP contribution in [0.15, 0.2) is 30.6 Å². The monoisotopic (exact) mass is 347 g/mol. The van der Waals surface area contributed by atoms with Crippen LogP contribution in [0.3, 0.4) is 0 Å². The smallest absolute Gasteiger partial charge is 0.208 e. The molecule has 1 aliphatic heterocycles. The van der Waals surface area contributed by atoms with Gasteiger partial charge in [0.15, 0.2) is 5.01 Å². The van der Waals surface area contributed by atoms with Gasteiger partial charge in [-0.25, -0.2) is 0 Å². The number of halogens is 1. The Morgan fingerprint density at radius 1 is 1.17 bits per heavy atom. The number of rotatable bonds is 3. The zero-order chi connectivity index (χ0) is 15.6. The highest BCUT2D eigenvalue weighted by Crippen LogP contribution is 2.35. The average Bonchev–Trinajstić information content (AvgIpc) is 3.27. The van der Waals surface area contributed by atoms with Gasteiger partial charge in [0.05, 0.1) is 24.4 Å². The highest BCUT2D eigenvalue weighted by molar-refractivity contribution is 7.18. The summed E-state index contributed by atoms with van der Waals surface area (Å²) in [6.45, 7) is 3.16. The van der Waals surface area contributed by atoms with E-state index < -0.39 is 0 Å². The van der Waals surface area contributed by atoms with Gasteiger partial charge >= 0.3 is 0 Å². The SMILES string of the molecule is Clc1cc(-c2cn[nH]c2)ccc1-c1nnc(N2CCOCC2)s1. The molecule has 23 heavy (non-hydrogen) atoms. The lowest BCUT2D eigenvalue weighted by Crippen LogP contribution is -2.36. The number of anilines is 1. The number of nitrogens with one attached hydrogen (secondary N) is 1. The first-order chi connectivity index (χ1) is 11.3. The molecule has 0 saturated carbocycles. The molecule has 0 spiro atoms. The minimum Gasteiger partial charge on any atom is -0.378 e. The van der Waals surface area contributed by atoms with Crippen LogP contribution in [0.1, 0.15) is 0 Å². The van der Waals surface area contributed by atoms with E-state index in [0.29, 0.717) is 5.02 Å². The minimum absolute atomic E-state index is 0.661. The summed E-state index contributed by atoms with van der Waals surface area (Å²) >= 11 is 8.01. The molecule has 0 unspecified atom stereocenters. The lowest BCUT2D eigenvalue weighted by Gasteiger charge is -2.25. The number of nitrogens with zero attached hydrogens (tertiary/aromatic N) is 4. The first kappa shape index (κ1) is 14.6. The Morgan fingerprint density at radius 2 is 2.04 bits per heavy atom. The van der Waals surface area contributed by atoms with Crippen molar-refractivity contribution in [2.24, 2.45) is 0 Å². The van der Waals surface area contributed by atoms with E-state index in [2.05, 4.69) is 25.3 Å². The summed E-state index contributed by atoms with van der Waals surface area (Å²) < 4.78 is 5.37. The van der Waals surface area contributed by atoms with Gasteiger partial charge in [0.25, 0.3) is 0 Å². The molecule has 118 valence electrons. The first-order valence-corrected chi connectivity index (χ1v) is 8.46. The molecule has 0 amide bonds. The third kappa shape index (κ3) is 2.95. The van der Waals surface area contributed by atoms with E-state index in [1.165, 1.54) is 0 Å². The van der Waals surface area contributed by atoms with Crippen LogP contribution in [0.5, 0.6) is 0 Å². The van der Waals surface area contributed by atoms with Gasteiger partial charge in [-0.15, -0.1) is 10.2 Å².